The standard InChI is InChI=1S/C18H18N4O3/c1-9-5-16(23)20-14(9)8-25-15-4-2-3-10-6-12-13(7-11(10)15)21-17(19)18(24)22-12/h2-4,6-7,9,14H,5,8H2,1H3,(H2,19,21)(H,20,23)(H,22,24). The predicted octanol–water partition coefficient (Wildman–Crippen LogP) is 1.56. The fourth-order valence-electron chi connectivity index (χ4n) is 3.20. The number of benzene rings is 2. The van der Waals surface area contributed by atoms with Crippen molar-refractivity contribution in [2.24, 2.45) is 5.92 Å². The number of carbonyl (C=O) groups is 1. The highest BCUT2D eigenvalue weighted by Gasteiger charge is 2.29. The molecule has 25 heavy (non-hydrogen) atoms. The fraction of sp³-hybridized carbons (Fsp3) is 0.278. The van der Waals surface area contributed by atoms with Gasteiger partial charge in [-0.2, -0.15) is 0 Å². The molecule has 1 aromatic heterocycles. The van der Waals surface area contributed by atoms with Crippen LogP contribution in [0.1, 0.15) is 13.3 Å². The van der Waals surface area contributed by atoms with Gasteiger partial charge in [0.2, 0.25) is 5.91 Å². The lowest BCUT2D eigenvalue weighted by Gasteiger charge is -2.17. The van der Waals surface area contributed by atoms with E-state index in [0.29, 0.717) is 29.8 Å². The number of nitrogens with two attached hydrogens (primary N) is 1. The number of fused-ring (bicyclic) bond motifs is 2. The van der Waals surface area contributed by atoms with Crippen LogP contribution in [0.2, 0.25) is 0 Å². The molecule has 1 aliphatic rings. The van der Waals surface area contributed by atoms with Gasteiger partial charge in [0.25, 0.3) is 5.56 Å². The second-order valence-corrected chi connectivity index (χ2v) is 6.46. The number of aromatic amines is 1. The second kappa shape index (κ2) is 5.77. The first-order valence-electron chi connectivity index (χ1n) is 8.16. The Hall–Kier alpha value is -3.09. The van der Waals surface area contributed by atoms with E-state index in [9.17, 15) is 9.59 Å². The lowest BCUT2D eigenvalue weighted by molar-refractivity contribution is -0.119. The Morgan fingerprint density at radius 1 is 1.32 bits per heavy atom. The van der Waals surface area contributed by atoms with E-state index in [1.807, 2.05) is 37.3 Å². The molecule has 1 saturated heterocycles. The number of hydrogen-bond donors (Lipinski definition) is 3. The quantitative estimate of drug-likeness (QED) is 0.628. The van der Waals surface area contributed by atoms with Gasteiger partial charge in [-0.1, -0.05) is 19.1 Å². The normalized spacial score (nSPS) is 20.1. The number of H-pyrrole nitrogens is 1. The summed E-state index contributed by atoms with van der Waals surface area (Å²) in [6.07, 6.45) is 0.533. The van der Waals surface area contributed by atoms with E-state index in [0.717, 1.165) is 10.8 Å². The van der Waals surface area contributed by atoms with Gasteiger partial charge < -0.3 is 20.8 Å². The molecule has 0 saturated carbocycles. The van der Waals surface area contributed by atoms with Gasteiger partial charge in [0.1, 0.15) is 12.4 Å². The zero-order valence-electron chi connectivity index (χ0n) is 13.7. The molecular weight excluding hydrogens is 320 g/mol. The third kappa shape index (κ3) is 2.77. The van der Waals surface area contributed by atoms with E-state index in [-0.39, 0.29) is 23.7 Å². The molecule has 2 unspecified atom stereocenters. The first-order chi connectivity index (χ1) is 12.0. The number of nitrogens with one attached hydrogen (secondary N) is 2. The number of amides is 1. The molecule has 4 N–H and O–H groups in total. The first kappa shape index (κ1) is 15.4. The lowest BCUT2D eigenvalue weighted by atomic mass is 10.0. The SMILES string of the molecule is CC1CC(=O)NC1COc1cccc2cc3[nH]c(=O)c(N)nc3cc12. The number of anilines is 1. The van der Waals surface area contributed by atoms with Crippen molar-refractivity contribution in [3.8, 4) is 5.75 Å². The summed E-state index contributed by atoms with van der Waals surface area (Å²) in [6, 6.07) is 9.42. The van der Waals surface area contributed by atoms with Crippen molar-refractivity contribution < 1.29 is 9.53 Å². The summed E-state index contributed by atoms with van der Waals surface area (Å²) < 4.78 is 5.98. The summed E-state index contributed by atoms with van der Waals surface area (Å²) >= 11 is 0. The van der Waals surface area contributed by atoms with Crippen LogP contribution in [-0.2, 0) is 4.79 Å². The van der Waals surface area contributed by atoms with Gasteiger partial charge in [0.05, 0.1) is 17.1 Å². The van der Waals surface area contributed by atoms with Crippen LogP contribution in [0, 0.1) is 5.92 Å². The van der Waals surface area contributed by atoms with Crippen LogP contribution in [0.25, 0.3) is 21.8 Å². The summed E-state index contributed by atoms with van der Waals surface area (Å²) in [4.78, 5) is 30.0. The Balaban J connectivity index is 1.71. The van der Waals surface area contributed by atoms with Crippen molar-refractivity contribution in [3.05, 3.63) is 40.7 Å². The van der Waals surface area contributed by atoms with Gasteiger partial charge in [-0.25, -0.2) is 4.98 Å². The van der Waals surface area contributed by atoms with Gasteiger partial charge in [0, 0.05) is 11.8 Å². The highest BCUT2D eigenvalue weighted by molar-refractivity contribution is 5.98. The van der Waals surface area contributed by atoms with Crippen molar-refractivity contribution in [1.29, 1.82) is 0 Å². The minimum absolute atomic E-state index is 0.00772. The monoisotopic (exact) mass is 338 g/mol. The van der Waals surface area contributed by atoms with Gasteiger partial charge in [-0.3, -0.25) is 9.59 Å². The maximum Gasteiger partial charge on any atom is 0.290 e. The van der Waals surface area contributed by atoms with E-state index in [2.05, 4.69) is 15.3 Å². The van der Waals surface area contributed by atoms with Crippen LogP contribution in [-0.4, -0.2) is 28.5 Å². The number of hydrogen-bond acceptors (Lipinski definition) is 5. The molecule has 2 heterocycles. The summed E-state index contributed by atoms with van der Waals surface area (Å²) in [5.41, 5.74) is 6.44. The number of nitrogen functional groups attached to an aromatic ring is 1. The van der Waals surface area contributed by atoms with Crippen LogP contribution in [0.3, 0.4) is 0 Å². The Labute approximate surface area is 143 Å². The molecule has 0 radical (unpaired) electrons. The number of ether oxygens (including phenoxy) is 1. The Morgan fingerprint density at radius 2 is 2.16 bits per heavy atom. The molecule has 0 spiro atoms. The van der Waals surface area contributed by atoms with Gasteiger partial charge >= 0.3 is 0 Å². The van der Waals surface area contributed by atoms with Gasteiger partial charge in [0.15, 0.2) is 5.82 Å². The van der Waals surface area contributed by atoms with Crippen molar-refractivity contribution in [3.63, 3.8) is 0 Å². The fourth-order valence-corrected chi connectivity index (χ4v) is 3.20. The van der Waals surface area contributed by atoms with Crippen LogP contribution in [0.5, 0.6) is 5.75 Å². The minimum atomic E-state index is -0.398. The highest BCUT2D eigenvalue weighted by Crippen LogP contribution is 2.29. The zero-order chi connectivity index (χ0) is 17.6. The molecule has 0 bridgehead atoms. The van der Waals surface area contributed by atoms with Crippen molar-refractivity contribution in [2.45, 2.75) is 19.4 Å². The van der Waals surface area contributed by atoms with E-state index >= 15 is 0 Å². The highest BCUT2D eigenvalue weighted by atomic mass is 16.5. The molecule has 7 heteroatoms. The molecule has 1 aliphatic heterocycles. The summed E-state index contributed by atoms with van der Waals surface area (Å²) in [5, 5.41) is 4.74. The number of rotatable bonds is 3. The first-order valence-corrected chi connectivity index (χ1v) is 8.16. The number of nitrogens with zero attached hydrogens (tertiary/aromatic N) is 1. The largest absolute Gasteiger partial charge is 0.491 e. The zero-order valence-corrected chi connectivity index (χ0v) is 13.7. The molecule has 2 aromatic carbocycles. The molecule has 1 fully saturated rings. The minimum Gasteiger partial charge on any atom is -0.491 e. The smallest absolute Gasteiger partial charge is 0.290 e. The Kier molecular flexibility index (Phi) is 3.56. The van der Waals surface area contributed by atoms with Crippen LogP contribution in [0.4, 0.5) is 5.82 Å². The number of carbonyl (C=O) groups excluding carboxylic acids is 1. The number of aromatic nitrogens is 2. The molecule has 2 atom stereocenters. The third-order valence-corrected chi connectivity index (χ3v) is 4.64. The van der Waals surface area contributed by atoms with E-state index in [1.54, 1.807) is 0 Å². The van der Waals surface area contributed by atoms with Gasteiger partial charge in [-0.15, -0.1) is 0 Å². The molecule has 128 valence electrons. The van der Waals surface area contributed by atoms with E-state index < -0.39 is 5.56 Å². The topological polar surface area (TPSA) is 110 Å². The Morgan fingerprint density at radius 3 is 2.92 bits per heavy atom. The molecule has 1 amide bonds. The van der Waals surface area contributed by atoms with Crippen molar-refractivity contribution in [2.75, 3.05) is 12.3 Å². The predicted molar refractivity (Wildman–Crippen MR) is 95.5 cm³/mol. The van der Waals surface area contributed by atoms with Crippen LogP contribution >= 0.6 is 0 Å². The summed E-state index contributed by atoms with van der Waals surface area (Å²) in [5.74, 6) is 0.954. The second-order valence-electron chi connectivity index (χ2n) is 6.46. The molecular formula is C18H18N4O3. The molecule has 7 nitrogen and oxygen atoms in total. The lowest BCUT2D eigenvalue weighted by Crippen LogP contribution is -2.34. The van der Waals surface area contributed by atoms with Crippen LogP contribution in [0.15, 0.2) is 35.1 Å². The molecule has 0 aliphatic carbocycles. The summed E-state index contributed by atoms with van der Waals surface area (Å²) in [6.45, 7) is 2.44. The molecule has 4 rings (SSSR count). The third-order valence-electron chi connectivity index (χ3n) is 4.64. The average molecular weight is 338 g/mol. The van der Waals surface area contributed by atoms with Crippen molar-refractivity contribution in [1.82, 2.24) is 15.3 Å². The summed E-state index contributed by atoms with van der Waals surface area (Å²) in [7, 11) is 0. The van der Waals surface area contributed by atoms with Crippen LogP contribution < -0.4 is 21.3 Å². The maximum absolute atomic E-state index is 11.6. The average Bonchev–Trinajstić information content (AvgIpc) is 2.90. The van der Waals surface area contributed by atoms with E-state index in [4.69, 9.17) is 10.5 Å². The molecule has 3 aromatic rings. The maximum atomic E-state index is 11.6. The van der Waals surface area contributed by atoms with E-state index in [1.165, 1.54) is 0 Å². The van der Waals surface area contributed by atoms with Crippen molar-refractivity contribution >= 4 is 33.5 Å². The van der Waals surface area contributed by atoms with Gasteiger partial charge in [-0.05, 0) is 29.5 Å². The Bertz CT molecular complexity index is 1040.